The van der Waals surface area contributed by atoms with Crippen molar-refractivity contribution in [2.75, 3.05) is 17.1 Å². The second kappa shape index (κ2) is 5.37. The highest BCUT2D eigenvalue weighted by Crippen LogP contribution is 2.15. The van der Waals surface area contributed by atoms with Crippen molar-refractivity contribution in [3.8, 4) is 0 Å². The fourth-order valence-electron chi connectivity index (χ4n) is 1.22. The first-order chi connectivity index (χ1) is 9.01. The summed E-state index contributed by atoms with van der Waals surface area (Å²) in [4.78, 5) is 11.5. The molecule has 0 aromatic carbocycles. The maximum Gasteiger partial charge on any atom is 0.266 e. The highest BCUT2D eigenvalue weighted by molar-refractivity contribution is 7.92. The van der Waals surface area contributed by atoms with Crippen LogP contribution >= 0.6 is 11.6 Å². The fraction of sp³-hybridized carbons (Fsp3) is 0.100. The van der Waals surface area contributed by atoms with E-state index in [0.717, 1.165) is 0 Å². The van der Waals surface area contributed by atoms with Gasteiger partial charge in [0.15, 0.2) is 0 Å². The molecule has 0 amide bonds. The summed E-state index contributed by atoms with van der Waals surface area (Å²) in [6.07, 6.45) is 3.76. The molecular formula is C10H10ClN5O2S. The van der Waals surface area contributed by atoms with Crippen molar-refractivity contribution in [3.63, 3.8) is 0 Å². The molecule has 0 fully saturated rings. The molecule has 0 aliphatic carbocycles. The van der Waals surface area contributed by atoms with Gasteiger partial charge >= 0.3 is 0 Å². The van der Waals surface area contributed by atoms with Gasteiger partial charge in [-0.05, 0) is 12.1 Å². The summed E-state index contributed by atoms with van der Waals surface area (Å²) < 4.78 is 26.3. The van der Waals surface area contributed by atoms with Crippen LogP contribution in [0, 0.1) is 0 Å². The largest absolute Gasteiger partial charge is 0.357 e. The zero-order chi connectivity index (χ0) is 13.9. The number of nitrogens with one attached hydrogen (secondary N) is 2. The summed E-state index contributed by atoms with van der Waals surface area (Å²) >= 11 is 5.67. The zero-order valence-corrected chi connectivity index (χ0v) is 11.4. The van der Waals surface area contributed by atoms with Crippen molar-refractivity contribution < 1.29 is 8.42 Å². The molecule has 100 valence electrons. The van der Waals surface area contributed by atoms with Gasteiger partial charge in [-0.3, -0.25) is 4.72 Å². The number of hydrogen-bond donors (Lipinski definition) is 2. The van der Waals surface area contributed by atoms with Crippen LogP contribution in [0.5, 0.6) is 0 Å². The third-order valence-corrected chi connectivity index (χ3v) is 3.66. The van der Waals surface area contributed by atoms with Gasteiger partial charge < -0.3 is 5.32 Å². The Bertz CT molecular complexity index is 657. The Hall–Kier alpha value is -1.93. The minimum atomic E-state index is -3.76. The van der Waals surface area contributed by atoms with Gasteiger partial charge in [0.05, 0.1) is 17.4 Å². The quantitative estimate of drug-likeness (QED) is 0.885. The van der Waals surface area contributed by atoms with Crippen LogP contribution in [0.2, 0.25) is 5.02 Å². The number of anilines is 2. The maximum atomic E-state index is 12.0. The minimum Gasteiger partial charge on any atom is -0.357 e. The predicted octanol–water partition coefficient (Wildman–Crippen LogP) is 1.37. The minimum absolute atomic E-state index is 0.0525. The van der Waals surface area contributed by atoms with Crippen molar-refractivity contribution in [1.82, 2.24) is 15.0 Å². The Balaban J connectivity index is 2.24. The molecular weight excluding hydrogens is 290 g/mol. The number of sulfonamides is 1. The van der Waals surface area contributed by atoms with Gasteiger partial charge in [0, 0.05) is 13.2 Å². The molecule has 9 heteroatoms. The first-order valence-electron chi connectivity index (χ1n) is 5.15. The Morgan fingerprint density at radius 1 is 1.11 bits per heavy atom. The maximum absolute atomic E-state index is 12.0. The smallest absolute Gasteiger partial charge is 0.266 e. The van der Waals surface area contributed by atoms with Crippen LogP contribution in [0.4, 0.5) is 11.8 Å². The highest BCUT2D eigenvalue weighted by atomic mass is 35.5. The average Bonchev–Trinajstić information content (AvgIpc) is 2.41. The van der Waals surface area contributed by atoms with Crippen LogP contribution in [0.1, 0.15) is 0 Å². The molecule has 2 N–H and O–H groups in total. The zero-order valence-electron chi connectivity index (χ0n) is 9.83. The number of halogens is 1. The molecule has 2 heterocycles. The normalized spacial score (nSPS) is 11.1. The SMILES string of the molecule is CNc1ncc(S(=O)(=O)Nc2ccc(Cl)cn2)cn1. The van der Waals surface area contributed by atoms with E-state index < -0.39 is 10.0 Å². The number of aromatic nitrogens is 3. The summed E-state index contributed by atoms with van der Waals surface area (Å²) in [5.41, 5.74) is 0. The van der Waals surface area contributed by atoms with E-state index in [1.54, 1.807) is 7.05 Å². The lowest BCUT2D eigenvalue weighted by molar-refractivity contribution is 0.600. The summed E-state index contributed by atoms with van der Waals surface area (Å²) in [6, 6.07) is 3.00. The standard InChI is InChI=1S/C10H10ClN5O2S/c1-12-10-14-5-8(6-15-10)19(17,18)16-9-3-2-7(11)4-13-9/h2-6H,1H3,(H,13,16)(H,12,14,15). The van der Waals surface area contributed by atoms with E-state index in [1.165, 1.54) is 30.7 Å². The second-order valence-corrected chi connectivity index (χ2v) is 5.58. The topological polar surface area (TPSA) is 96.9 Å². The molecule has 0 spiro atoms. The third kappa shape index (κ3) is 3.30. The molecule has 7 nitrogen and oxygen atoms in total. The first-order valence-corrected chi connectivity index (χ1v) is 7.01. The van der Waals surface area contributed by atoms with Crippen LogP contribution in [-0.2, 0) is 10.0 Å². The predicted molar refractivity (Wildman–Crippen MR) is 71.6 cm³/mol. The molecule has 2 rings (SSSR count). The average molecular weight is 300 g/mol. The molecule has 19 heavy (non-hydrogen) atoms. The van der Waals surface area contributed by atoms with E-state index in [9.17, 15) is 8.42 Å². The molecule has 0 aliphatic heterocycles. The van der Waals surface area contributed by atoms with Crippen molar-refractivity contribution in [2.24, 2.45) is 0 Å². The Kier molecular flexibility index (Phi) is 3.82. The van der Waals surface area contributed by atoms with Crippen LogP contribution in [0.15, 0.2) is 35.6 Å². The van der Waals surface area contributed by atoms with E-state index in [-0.39, 0.29) is 10.7 Å². The van der Waals surface area contributed by atoms with Crippen LogP contribution in [0.25, 0.3) is 0 Å². The molecule has 0 saturated heterocycles. The number of hydrogen-bond acceptors (Lipinski definition) is 6. The van der Waals surface area contributed by atoms with Gasteiger partial charge in [-0.25, -0.2) is 23.4 Å². The second-order valence-electron chi connectivity index (χ2n) is 3.46. The van der Waals surface area contributed by atoms with Gasteiger partial charge in [-0.1, -0.05) is 11.6 Å². The Labute approximate surface area is 115 Å². The van der Waals surface area contributed by atoms with Gasteiger partial charge in [0.25, 0.3) is 10.0 Å². The van der Waals surface area contributed by atoms with E-state index in [4.69, 9.17) is 11.6 Å². The number of pyridine rings is 1. The van der Waals surface area contributed by atoms with Crippen molar-refractivity contribution in [3.05, 3.63) is 35.7 Å². The van der Waals surface area contributed by atoms with Gasteiger partial charge in [0.2, 0.25) is 5.95 Å². The lowest BCUT2D eigenvalue weighted by Crippen LogP contribution is -2.14. The van der Waals surface area contributed by atoms with E-state index in [2.05, 4.69) is 25.0 Å². The monoisotopic (exact) mass is 299 g/mol. The van der Waals surface area contributed by atoms with E-state index in [0.29, 0.717) is 11.0 Å². The molecule has 0 aliphatic rings. The molecule has 0 bridgehead atoms. The third-order valence-electron chi connectivity index (χ3n) is 2.13. The van der Waals surface area contributed by atoms with Crippen molar-refractivity contribution >= 4 is 33.4 Å². The number of nitrogens with zero attached hydrogens (tertiary/aromatic N) is 3. The van der Waals surface area contributed by atoms with Crippen LogP contribution in [0.3, 0.4) is 0 Å². The molecule has 0 radical (unpaired) electrons. The molecule has 0 saturated carbocycles. The molecule has 0 unspecified atom stereocenters. The molecule has 0 atom stereocenters. The van der Waals surface area contributed by atoms with Crippen molar-refractivity contribution in [2.45, 2.75) is 4.90 Å². The number of rotatable bonds is 4. The summed E-state index contributed by atoms with van der Waals surface area (Å²) in [7, 11) is -2.12. The summed E-state index contributed by atoms with van der Waals surface area (Å²) in [5.74, 6) is 0.505. The Morgan fingerprint density at radius 2 is 1.79 bits per heavy atom. The van der Waals surface area contributed by atoms with Gasteiger partial charge in [0.1, 0.15) is 10.7 Å². The van der Waals surface area contributed by atoms with Crippen molar-refractivity contribution in [1.29, 1.82) is 0 Å². The highest BCUT2D eigenvalue weighted by Gasteiger charge is 2.15. The lowest BCUT2D eigenvalue weighted by Gasteiger charge is -2.07. The van der Waals surface area contributed by atoms with Gasteiger partial charge in [-0.15, -0.1) is 0 Å². The fourth-order valence-corrected chi connectivity index (χ4v) is 2.23. The van der Waals surface area contributed by atoms with Crippen LogP contribution < -0.4 is 10.0 Å². The van der Waals surface area contributed by atoms with Crippen LogP contribution in [-0.4, -0.2) is 30.4 Å². The first kappa shape index (κ1) is 13.5. The summed E-state index contributed by atoms with van der Waals surface area (Å²) in [5, 5.41) is 3.12. The lowest BCUT2D eigenvalue weighted by atomic mass is 10.5. The Morgan fingerprint density at radius 3 is 2.32 bits per heavy atom. The molecule has 2 aromatic rings. The summed E-state index contributed by atoms with van der Waals surface area (Å²) in [6.45, 7) is 0. The van der Waals surface area contributed by atoms with E-state index in [1.807, 2.05) is 0 Å². The van der Waals surface area contributed by atoms with Gasteiger partial charge in [-0.2, -0.15) is 0 Å². The molecule has 2 aromatic heterocycles. The van der Waals surface area contributed by atoms with E-state index >= 15 is 0 Å².